The summed E-state index contributed by atoms with van der Waals surface area (Å²) in [6, 6.07) is 7.38. The van der Waals surface area contributed by atoms with Crippen molar-refractivity contribution in [1.82, 2.24) is 4.90 Å². The molecule has 2 unspecified atom stereocenters. The van der Waals surface area contributed by atoms with E-state index in [0.717, 1.165) is 24.7 Å². The Bertz CT molecular complexity index is 568. The second kappa shape index (κ2) is 7.35. The van der Waals surface area contributed by atoms with Gasteiger partial charge in [-0.2, -0.15) is 0 Å². The number of hydrogen-bond acceptors (Lipinski definition) is 3. The molecule has 0 N–H and O–H groups in total. The van der Waals surface area contributed by atoms with Crippen LogP contribution < -0.4 is 0 Å². The first kappa shape index (κ1) is 17.8. The SMILES string of the molecule is CC(C)(C)OC(=O)N1CCCC(C(C=O)c2cccc(Cl)c2)C1. The summed E-state index contributed by atoms with van der Waals surface area (Å²) in [5.41, 5.74) is 0.393. The molecule has 1 aliphatic heterocycles. The van der Waals surface area contributed by atoms with Crippen LogP contribution in [0, 0.1) is 5.92 Å². The van der Waals surface area contributed by atoms with Crippen molar-refractivity contribution in [3.05, 3.63) is 34.9 Å². The lowest BCUT2D eigenvalue weighted by molar-refractivity contribution is -0.110. The number of likely N-dealkylation sites (tertiary alicyclic amines) is 1. The molecule has 1 aromatic rings. The fraction of sp³-hybridized carbons (Fsp3) is 0.556. The van der Waals surface area contributed by atoms with Gasteiger partial charge in [-0.1, -0.05) is 23.7 Å². The van der Waals surface area contributed by atoms with Gasteiger partial charge in [0.1, 0.15) is 11.9 Å². The molecule has 1 aromatic carbocycles. The summed E-state index contributed by atoms with van der Waals surface area (Å²) in [6.07, 6.45) is 2.44. The molecule has 2 atom stereocenters. The van der Waals surface area contributed by atoms with Crippen molar-refractivity contribution < 1.29 is 14.3 Å². The van der Waals surface area contributed by atoms with Gasteiger partial charge in [0.25, 0.3) is 0 Å². The highest BCUT2D eigenvalue weighted by Gasteiger charge is 2.32. The number of aldehydes is 1. The van der Waals surface area contributed by atoms with Gasteiger partial charge >= 0.3 is 6.09 Å². The summed E-state index contributed by atoms with van der Waals surface area (Å²) in [4.78, 5) is 25.6. The third-order valence-electron chi connectivity index (χ3n) is 4.00. The third-order valence-corrected chi connectivity index (χ3v) is 4.23. The van der Waals surface area contributed by atoms with E-state index in [1.807, 2.05) is 39.0 Å². The number of carbonyl (C=O) groups is 2. The van der Waals surface area contributed by atoms with Crippen LogP contribution in [0.1, 0.15) is 45.1 Å². The molecule has 1 aliphatic rings. The van der Waals surface area contributed by atoms with Crippen LogP contribution in [0.3, 0.4) is 0 Å². The molecule has 0 aromatic heterocycles. The molecule has 0 spiro atoms. The number of halogens is 1. The molecule has 2 rings (SSSR count). The number of ether oxygens (including phenoxy) is 1. The van der Waals surface area contributed by atoms with E-state index in [9.17, 15) is 9.59 Å². The molecular weight excluding hydrogens is 314 g/mol. The minimum atomic E-state index is -0.513. The summed E-state index contributed by atoms with van der Waals surface area (Å²) in [6.45, 7) is 6.77. The highest BCUT2D eigenvalue weighted by atomic mass is 35.5. The molecular formula is C18H24ClNO3. The first-order valence-corrected chi connectivity index (χ1v) is 8.36. The van der Waals surface area contributed by atoms with Crippen LogP contribution in [0.2, 0.25) is 5.02 Å². The maximum absolute atomic E-state index is 12.3. The summed E-state index contributed by atoms with van der Waals surface area (Å²) >= 11 is 6.04. The van der Waals surface area contributed by atoms with Crippen molar-refractivity contribution in [3.63, 3.8) is 0 Å². The number of carbonyl (C=O) groups excluding carboxylic acids is 2. The zero-order chi connectivity index (χ0) is 17.0. The van der Waals surface area contributed by atoms with Gasteiger partial charge in [0, 0.05) is 24.0 Å². The van der Waals surface area contributed by atoms with Crippen LogP contribution in [-0.4, -0.2) is 36.0 Å². The van der Waals surface area contributed by atoms with E-state index >= 15 is 0 Å². The Morgan fingerprint density at radius 2 is 2.17 bits per heavy atom. The summed E-state index contributed by atoms with van der Waals surface area (Å²) < 4.78 is 5.44. The van der Waals surface area contributed by atoms with E-state index in [4.69, 9.17) is 16.3 Å². The van der Waals surface area contributed by atoms with Crippen LogP contribution in [0.15, 0.2) is 24.3 Å². The summed E-state index contributed by atoms with van der Waals surface area (Å²) in [5.74, 6) is -0.161. The Kier molecular flexibility index (Phi) is 5.69. The molecule has 0 saturated carbocycles. The molecule has 1 saturated heterocycles. The smallest absolute Gasteiger partial charge is 0.410 e. The number of rotatable bonds is 3. The average molecular weight is 338 g/mol. The lowest BCUT2D eigenvalue weighted by atomic mass is 9.82. The molecule has 23 heavy (non-hydrogen) atoms. The van der Waals surface area contributed by atoms with Gasteiger partial charge in [-0.15, -0.1) is 0 Å². The lowest BCUT2D eigenvalue weighted by Crippen LogP contribution is -2.44. The minimum Gasteiger partial charge on any atom is -0.444 e. The molecule has 0 aliphatic carbocycles. The highest BCUT2D eigenvalue weighted by molar-refractivity contribution is 6.30. The third kappa shape index (κ3) is 4.96. The van der Waals surface area contributed by atoms with Gasteiger partial charge in [-0.3, -0.25) is 0 Å². The Morgan fingerprint density at radius 3 is 2.78 bits per heavy atom. The van der Waals surface area contributed by atoms with Crippen molar-refractivity contribution in [3.8, 4) is 0 Å². The number of piperidine rings is 1. The van der Waals surface area contributed by atoms with E-state index in [1.165, 1.54) is 0 Å². The standard InChI is InChI=1S/C18H24ClNO3/c1-18(2,3)23-17(22)20-9-5-7-14(11-20)16(12-21)13-6-4-8-15(19)10-13/h4,6,8,10,12,14,16H,5,7,9,11H2,1-3H3. The van der Waals surface area contributed by atoms with Crippen LogP contribution in [0.25, 0.3) is 0 Å². The highest BCUT2D eigenvalue weighted by Crippen LogP contribution is 2.32. The van der Waals surface area contributed by atoms with E-state index in [1.54, 1.807) is 11.0 Å². The van der Waals surface area contributed by atoms with Gasteiger partial charge < -0.3 is 14.4 Å². The van der Waals surface area contributed by atoms with Crippen molar-refractivity contribution in [2.75, 3.05) is 13.1 Å². The van der Waals surface area contributed by atoms with E-state index in [2.05, 4.69) is 0 Å². The lowest BCUT2D eigenvalue weighted by Gasteiger charge is -2.36. The molecule has 5 heteroatoms. The van der Waals surface area contributed by atoms with Crippen molar-refractivity contribution in [2.45, 2.75) is 45.1 Å². The molecule has 1 fully saturated rings. The van der Waals surface area contributed by atoms with Crippen LogP contribution >= 0.6 is 11.6 Å². The fourth-order valence-corrected chi connectivity index (χ4v) is 3.17. The Hall–Kier alpha value is -1.55. The van der Waals surface area contributed by atoms with Crippen LogP contribution in [0.5, 0.6) is 0 Å². The maximum Gasteiger partial charge on any atom is 0.410 e. The monoisotopic (exact) mass is 337 g/mol. The van der Waals surface area contributed by atoms with Gasteiger partial charge in [0.15, 0.2) is 0 Å². The quantitative estimate of drug-likeness (QED) is 0.774. The Balaban J connectivity index is 2.10. The Morgan fingerprint density at radius 1 is 1.43 bits per heavy atom. The van der Waals surface area contributed by atoms with E-state index < -0.39 is 5.60 Å². The first-order chi connectivity index (χ1) is 10.8. The van der Waals surface area contributed by atoms with Crippen molar-refractivity contribution in [1.29, 1.82) is 0 Å². The molecule has 0 radical (unpaired) electrons. The van der Waals surface area contributed by atoms with Gasteiger partial charge in [0.05, 0.1) is 0 Å². The van der Waals surface area contributed by atoms with Gasteiger partial charge in [-0.25, -0.2) is 4.79 Å². The number of amides is 1. The molecule has 4 nitrogen and oxygen atoms in total. The minimum absolute atomic E-state index is 0.0900. The predicted molar refractivity (Wildman–Crippen MR) is 90.8 cm³/mol. The summed E-state index contributed by atoms with van der Waals surface area (Å²) in [7, 11) is 0. The zero-order valence-electron chi connectivity index (χ0n) is 13.9. The van der Waals surface area contributed by atoms with E-state index in [-0.39, 0.29) is 17.9 Å². The van der Waals surface area contributed by atoms with Crippen molar-refractivity contribution in [2.24, 2.45) is 5.92 Å². The topological polar surface area (TPSA) is 46.6 Å². The molecule has 0 bridgehead atoms. The van der Waals surface area contributed by atoms with Gasteiger partial charge in [0.2, 0.25) is 0 Å². The fourth-order valence-electron chi connectivity index (χ4n) is 2.97. The molecule has 1 amide bonds. The molecule has 126 valence electrons. The first-order valence-electron chi connectivity index (χ1n) is 7.99. The zero-order valence-corrected chi connectivity index (χ0v) is 14.7. The summed E-state index contributed by atoms with van der Waals surface area (Å²) in [5, 5.41) is 0.620. The average Bonchev–Trinajstić information content (AvgIpc) is 2.47. The van der Waals surface area contributed by atoms with Crippen molar-refractivity contribution >= 4 is 24.0 Å². The van der Waals surface area contributed by atoms with Gasteiger partial charge in [-0.05, 0) is 57.2 Å². The molecule has 1 heterocycles. The number of nitrogens with zero attached hydrogens (tertiary/aromatic N) is 1. The second-order valence-electron chi connectivity index (χ2n) is 7.05. The largest absolute Gasteiger partial charge is 0.444 e. The van der Waals surface area contributed by atoms with E-state index in [0.29, 0.717) is 18.1 Å². The van der Waals surface area contributed by atoms with Crippen LogP contribution in [0.4, 0.5) is 4.79 Å². The Labute approximate surface area is 142 Å². The predicted octanol–water partition coefficient (Wildman–Crippen LogP) is 4.27. The number of benzene rings is 1. The number of hydrogen-bond donors (Lipinski definition) is 0. The maximum atomic E-state index is 12.3. The second-order valence-corrected chi connectivity index (χ2v) is 7.48. The van der Waals surface area contributed by atoms with Crippen LogP contribution in [-0.2, 0) is 9.53 Å². The normalized spacial score (nSPS) is 20.0.